The van der Waals surface area contributed by atoms with Crippen LogP contribution in [0.1, 0.15) is 30.1 Å². The number of hydrogen-bond donors (Lipinski definition) is 2. The average molecular weight is 361 g/mol. The zero-order valence-corrected chi connectivity index (χ0v) is 13.8. The molecule has 0 heterocycles. The molecule has 0 aliphatic heterocycles. The number of carbonyl (C=O) groups excluding carboxylic acids is 2. The summed E-state index contributed by atoms with van der Waals surface area (Å²) in [5.74, 6) is -0.205. The highest BCUT2D eigenvalue weighted by molar-refractivity contribution is 9.10. The van der Waals surface area contributed by atoms with E-state index < -0.39 is 0 Å². The van der Waals surface area contributed by atoms with Crippen molar-refractivity contribution in [2.24, 2.45) is 0 Å². The van der Waals surface area contributed by atoms with Crippen molar-refractivity contribution < 1.29 is 9.59 Å². The summed E-state index contributed by atoms with van der Waals surface area (Å²) in [4.78, 5) is 23.6. The molecule has 0 saturated heterocycles. The van der Waals surface area contributed by atoms with Crippen LogP contribution < -0.4 is 10.6 Å². The van der Waals surface area contributed by atoms with Crippen LogP contribution in [0.3, 0.4) is 0 Å². The fraction of sp³-hybridized carbons (Fsp3) is 0.176. The van der Waals surface area contributed by atoms with Gasteiger partial charge in [0.05, 0.1) is 0 Å². The van der Waals surface area contributed by atoms with E-state index in [9.17, 15) is 9.59 Å². The van der Waals surface area contributed by atoms with Crippen LogP contribution in [-0.2, 0) is 4.79 Å². The molecule has 0 saturated carbocycles. The summed E-state index contributed by atoms with van der Waals surface area (Å²) in [7, 11) is 0. The SMILES string of the molecule is CCCC(=O)Nc1ccc(C(=O)Nc2ccc(Br)cc2)cc1. The van der Waals surface area contributed by atoms with Crippen LogP contribution >= 0.6 is 15.9 Å². The maximum absolute atomic E-state index is 12.1. The summed E-state index contributed by atoms with van der Waals surface area (Å²) in [5, 5.41) is 5.61. The Morgan fingerprint density at radius 1 is 0.909 bits per heavy atom. The molecule has 0 atom stereocenters. The van der Waals surface area contributed by atoms with E-state index >= 15 is 0 Å². The van der Waals surface area contributed by atoms with Crippen LogP contribution in [-0.4, -0.2) is 11.8 Å². The minimum atomic E-state index is -0.186. The molecule has 0 aliphatic carbocycles. The quantitative estimate of drug-likeness (QED) is 0.827. The minimum Gasteiger partial charge on any atom is -0.326 e. The van der Waals surface area contributed by atoms with Gasteiger partial charge in [0.15, 0.2) is 0 Å². The smallest absolute Gasteiger partial charge is 0.255 e. The van der Waals surface area contributed by atoms with Crippen molar-refractivity contribution in [1.82, 2.24) is 0 Å². The van der Waals surface area contributed by atoms with Crippen molar-refractivity contribution in [1.29, 1.82) is 0 Å². The molecule has 2 rings (SSSR count). The molecule has 114 valence electrons. The van der Waals surface area contributed by atoms with Gasteiger partial charge in [0, 0.05) is 27.8 Å². The number of hydrogen-bond acceptors (Lipinski definition) is 2. The molecular formula is C17H17BrN2O2. The fourth-order valence-electron chi connectivity index (χ4n) is 1.89. The van der Waals surface area contributed by atoms with Crippen LogP contribution in [0.5, 0.6) is 0 Å². The topological polar surface area (TPSA) is 58.2 Å². The Bertz CT molecular complexity index is 651. The van der Waals surface area contributed by atoms with E-state index in [2.05, 4.69) is 26.6 Å². The van der Waals surface area contributed by atoms with E-state index in [1.54, 1.807) is 24.3 Å². The van der Waals surface area contributed by atoms with Crippen LogP contribution in [0.15, 0.2) is 53.0 Å². The molecule has 0 fully saturated rings. The molecule has 0 radical (unpaired) electrons. The van der Waals surface area contributed by atoms with E-state index in [1.807, 2.05) is 31.2 Å². The maximum Gasteiger partial charge on any atom is 0.255 e. The maximum atomic E-state index is 12.1. The van der Waals surface area contributed by atoms with Gasteiger partial charge in [0.25, 0.3) is 5.91 Å². The molecule has 0 bridgehead atoms. The zero-order valence-electron chi connectivity index (χ0n) is 12.2. The van der Waals surface area contributed by atoms with E-state index in [1.165, 1.54) is 0 Å². The monoisotopic (exact) mass is 360 g/mol. The first kappa shape index (κ1) is 16.2. The molecule has 2 N–H and O–H groups in total. The lowest BCUT2D eigenvalue weighted by molar-refractivity contribution is -0.116. The second-order valence-electron chi connectivity index (χ2n) is 4.84. The molecule has 4 nitrogen and oxygen atoms in total. The first-order valence-corrected chi connectivity index (χ1v) is 7.84. The third-order valence-corrected chi connectivity index (χ3v) is 3.54. The molecule has 0 spiro atoms. The molecule has 22 heavy (non-hydrogen) atoms. The fourth-order valence-corrected chi connectivity index (χ4v) is 2.16. The van der Waals surface area contributed by atoms with Gasteiger partial charge in [-0.15, -0.1) is 0 Å². The Labute approximate surface area is 138 Å². The van der Waals surface area contributed by atoms with Crippen LogP contribution in [0.2, 0.25) is 0 Å². The Morgan fingerprint density at radius 2 is 1.45 bits per heavy atom. The number of benzene rings is 2. The van der Waals surface area contributed by atoms with Crippen molar-refractivity contribution in [2.45, 2.75) is 19.8 Å². The van der Waals surface area contributed by atoms with Gasteiger partial charge in [0.2, 0.25) is 5.91 Å². The summed E-state index contributed by atoms with van der Waals surface area (Å²) in [5.41, 5.74) is 1.96. The normalized spacial score (nSPS) is 10.1. The van der Waals surface area contributed by atoms with Crippen molar-refractivity contribution in [3.63, 3.8) is 0 Å². The molecule has 2 aromatic rings. The Hall–Kier alpha value is -2.14. The van der Waals surface area contributed by atoms with E-state index in [4.69, 9.17) is 0 Å². The lowest BCUT2D eigenvalue weighted by Crippen LogP contribution is -2.13. The summed E-state index contributed by atoms with van der Waals surface area (Å²) in [6, 6.07) is 14.2. The second kappa shape index (κ2) is 7.75. The van der Waals surface area contributed by atoms with Crippen LogP contribution in [0.25, 0.3) is 0 Å². The minimum absolute atomic E-state index is 0.0189. The van der Waals surface area contributed by atoms with Gasteiger partial charge >= 0.3 is 0 Å². The summed E-state index contributed by atoms with van der Waals surface area (Å²) < 4.78 is 0.956. The van der Waals surface area contributed by atoms with Gasteiger partial charge in [-0.1, -0.05) is 22.9 Å². The number of nitrogens with one attached hydrogen (secondary N) is 2. The van der Waals surface area contributed by atoms with Crippen molar-refractivity contribution in [3.05, 3.63) is 58.6 Å². The number of anilines is 2. The van der Waals surface area contributed by atoms with Gasteiger partial charge in [-0.25, -0.2) is 0 Å². The Kier molecular flexibility index (Phi) is 5.72. The predicted molar refractivity (Wildman–Crippen MR) is 92.1 cm³/mol. The Morgan fingerprint density at radius 3 is 2.05 bits per heavy atom. The Balaban J connectivity index is 1.98. The molecule has 0 aromatic heterocycles. The average Bonchev–Trinajstić information content (AvgIpc) is 2.50. The van der Waals surface area contributed by atoms with Crippen LogP contribution in [0.4, 0.5) is 11.4 Å². The van der Waals surface area contributed by atoms with Gasteiger partial charge in [-0.05, 0) is 55.0 Å². The van der Waals surface area contributed by atoms with E-state index in [0.29, 0.717) is 17.7 Å². The molecule has 5 heteroatoms. The lowest BCUT2D eigenvalue weighted by atomic mass is 10.2. The third-order valence-electron chi connectivity index (χ3n) is 3.01. The van der Waals surface area contributed by atoms with E-state index in [0.717, 1.165) is 16.6 Å². The van der Waals surface area contributed by atoms with Gasteiger partial charge < -0.3 is 10.6 Å². The summed E-state index contributed by atoms with van der Waals surface area (Å²) in [6.07, 6.45) is 1.30. The van der Waals surface area contributed by atoms with Crippen molar-refractivity contribution >= 4 is 39.1 Å². The van der Waals surface area contributed by atoms with Gasteiger partial charge in [-0.2, -0.15) is 0 Å². The van der Waals surface area contributed by atoms with Gasteiger partial charge in [-0.3, -0.25) is 9.59 Å². The highest BCUT2D eigenvalue weighted by atomic mass is 79.9. The predicted octanol–water partition coefficient (Wildman–Crippen LogP) is 4.44. The van der Waals surface area contributed by atoms with E-state index in [-0.39, 0.29) is 11.8 Å². The molecular weight excluding hydrogens is 344 g/mol. The first-order chi connectivity index (χ1) is 10.6. The molecule has 0 aliphatic rings. The number of rotatable bonds is 5. The molecule has 0 unspecified atom stereocenters. The second-order valence-corrected chi connectivity index (χ2v) is 5.75. The number of halogens is 1. The molecule has 2 aromatic carbocycles. The highest BCUT2D eigenvalue weighted by Gasteiger charge is 2.07. The number of carbonyl (C=O) groups is 2. The first-order valence-electron chi connectivity index (χ1n) is 7.05. The van der Waals surface area contributed by atoms with Crippen molar-refractivity contribution in [2.75, 3.05) is 10.6 Å². The standard InChI is InChI=1S/C17H17BrN2O2/c1-2-3-16(21)19-14-8-4-12(5-9-14)17(22)20-15-10-6-13(18)7-11-15/h4-11H,2-3H2,1H3,(H,19,21)(H,20,22). The van der Waals surface area contributed by atoms with Gasteiger partial charge in [0.1, 0.15) is 0 Å². The summed E-state index contributed by atoms with van der Waals surface area (Å²) >= 11 is 3.35. The summed E-state index contributed by atoms with van der Waals surface area (Å²) in [6.45, 7) is 1.95. The van der Waals surface area contributed by atoms with Crippen molar-refractivity contribution in [3.8, 4) is 0 Å². The zero-order chi connectivity index (χ0) is 15.9. The molecule has 2 amide bonds. The lowest BCUT2D eigenvalue weighted by Gasteiger charge is -2.07. The number of amides is 2. The largest absolute Gasteiger partial charge is 0.326 e. The van der Waals surface area contributed by atoms with Crippen LogP contribution in [0, 0.1) is 0 Å². The third kappa shape index (κ3) is 4.70. The highest BCUT2D eigenvalue weighted by Crippen LogP contribution is 2.16.